The maximum absolute atomic E-state index is 11.2. The number of aryl methyl sites for hydroxylation is 1. The van der Waals surface area contributed by atoms with E-state index in [1.54, 1.807) is 12.3 Å². The number of benzene rings is 1. The van der Waals surface area contributed by atoms with Crippen LogP contribution in [0.1, 0.15) is 16.1 Å². The number of halogens is 1. The van der Waals surface area contributed by atoms with Gasteiger partial charge in [-0.1, -0.05) is 11.6 Å². The minimum atomic E-state index is -1.10. The van der Waals surface area contributed by atoms with Crippen LogP contribution in [0.5, 0.6) is 0 Å². The van der Waals surface area contributed by atoms with Crippen molar-refractivity contribution in [1.29, 1.82) is 0 Å². The molecule has 0 amide bonds. The molecule has 17 heavy (non-hydrogen) atoms. The predicted molar refractivity (Wildman–Crippen MR) is 64.7 cm³/mol. The highest BCUT2D eigenvalue weighted by Crippen LogP contribution is 2.27. The highest BCUT2D eigenvalue weighted by atomic mass is 35.5. The van der Waals surface area contributed by atoms with E-state index in [2.05, 4.69) is 5.10 Å². The molecule has 0 aliphatic heterocycles. The summed E-state index contributed by atoms with van der Waals surface area (Å²) in [5.41, 5.74) is 7.00. The number of carbonyl (C=O) groups is 1. The van der Waals surface area contributed by atoms with Gasteiger partial charge in [0.15, 0.2) is 0 Å². The van der Waals surface area contributed by atoms with Crippen molar-refractivity contribution >= 4 is 23.3 Å². The first-order chi connectivity index (χ1) is 7.99. The molecule has 5 nitrogen and oxygen atoms in total. The summed E-state index contributed by atoms with van der Waals surface area (Å²) in [6.07, 6.45) is 1.65. The lowest BCUT2D eigenvalue weighted by atomic mass is 10.1. The molecule has 0 atom stereocenters. The van der Waals surface area contributed by atoms with Crippen molar-refractivity contribution < 1.29 is 9.90 Å². The van der Waals surface area contributed by atoms with E-state index in [0.717, 1.165) is 5.69 Å². The first kappa shape index (κ1) is 11.5. The normalized spacial score (nSPS) is 10.5. The lowest BCUT2D eigenvalue weighted by molar-refractivity contribution is 0.0697. The zero-order valence-electron chi connectivity index (χ0n) is 9.01. The fourth-order valence-electron chi connectivity index (χ4n) is 1.56. The van der Waals surface area contributed by atoms with Crippen LogP contribution in [-0.4, -0.2) is 20.9 Å². The van der Waals surface area contributed by atoms with Crippen LogP contribution >= 0.6 is 11.6 Å². The second-order valence-electron chi connectivity index (χ2n) is 3.61. The fourth-order valence-corrected chi connectivity index (χ4v) is 1.87. The van der Waals surface area contributed by atoms with Gasteiger partial charge in [-0.3, -0.25) is 0 Å². The zero-order valence-corrected chi connectivity index (χ0v) is 9.77. The molecular weight excluding hydrogens is 242 g/mol. The number of aromatic carboxylic acids is 1. The summed E-state index contributed by atoms with van der Waals surface area (Å²) < 4.78 is 1.43. The number of anilines is 1. The number of rotatable bonds is 2. The van der Waals surface area contributed by atoms with Crippen LogP contribution in [0.25, 0.3) is 5.69 Å². The van der Waals surface area contributed by atoms with Crippen LogP contribution < -0.4 is 5.73 Å². The minimum Gasteiger partial charge on any atom is -0.478 e. The second-order valence-corrected chi connectivity index (χ2v) is 4.01. The molecule has 0 fully saturated rings. The number of carboxylic acid groups (broad SMARTS) is 1. The molecule has 6 heteroatoms. The molecule has 1 heterocycles. The topological polar surface area (TPSA) is 81.1 Å². The van der Waals surface area contributed by atoms with Gasteiger partial charge in [0, 0.05) is 11.9 Å². The molecule has 1 aromatic carbocycles. The molecule has 1 aromatic heterocycles. The van der Waals surface area contributed by atoms with E-state index < -0.39 is 5.97 Å². The molecule has 0 radical (unpaired) electrons. The van der Waals surface area contributed by atoms with Gasteiger partial charge in [-0.2, -0.15) is 5.10 Å². The van der Waals surface area contributed by atoms with Crippen LogP contribution in [0.4, 0.5) is 5.69 Å². The number of hydrogen-bond donors (Lipinski definition) is 2. The molecule has 3 N–H and O–H groups in total. The Bertz CT molecular complexity index is 592. The van der Waals surface area contributed by atoms with E-state index in [1.807, 2.05) is 6.92 Å². The summed E-state index contributed by atoms with van der Waals surface area (Å²) in [5.74, 6) is -1.10. The van der Waals surface area contributed by atoms with Crippen molar-refractivity contribution in [1.82, 2.24) is 9.78 Å². The number of nitrogens with two attached hydrogens (primary N) is 1. The van der Waals surface area contributed by atoms with E-state index in [0.29, 0.717) is 11.4 Å². The monoisotopic (exact) mass is 251 g/mol. The zero-order chi connectivity index (χ0) is 12.6. The van der Waals surface area contributed by atoms with Crippen LogP contribution in [0.3, 0.4) is 0 Å². The van der Waals surface area contributed by atoms with Gasteiger partial charge >= 0.3 is 5.97 Å². The van der Waals surface area contributed by atoms with Gasteiger partial charge in [-0.25, -0.2) is 9.48 Å². The molecule has 0 spiro atoms. The maximum atomic E-state index is 11.2. The lowest BCUT2D eigenvalue weighted by Crippen LogP contribution is -2.08. The summed E-state index contributed by atoms with van der Waals surface area (Å²) in [6.45, 7) is 1.81. The van der Waals surface area contributed by atoms with Crippen LogP contribution in [0, 0.1) is 6.92 Å². The van der Waals surface area contributed by atoms with E-state index in [-0.39, 0.29) is 10.6 Å². The number of aromatic nitrogens is 2. The molecule has 2 rings (SSSR count). The molecule has 88 valence electrons. The molecule has 0 unspecified atom stereocenters. The first-order valence-corrected chi connectivity index (χ1v) is 5.22. The van der Waals surface area contributed by atoms with Crippen molar-refractivity contribution in [2.75, 3.05) is 5.73 Å². The highest BCUT2D eigenvalue weighted by molar-refractivity contribution is 6.33. The van der Waals surface area contributed by atoms with Gasteiger partial charge in [0.25, 0.3) is 0 Å². The van der Waals surface area contributed by atoms with E-state index >= 15 is 0 Å². The number of carboxylic acids is 1. The van der Waals surface area contributed by atoms with Gasteiger partial charge in [0.1, 0.15) is 0 Å². The van der Waals surface area contributed by atoms with Gasteiger partial charge in [0.05, 0.1) is 22.0 Å². The highest BCUT2D eigenvalue weighted by Gasteiger charge is 2.17. The molecule has 0 aliphatic carbocycles. The van der Waals surface area contributed by atoms with Crippen molar-refractivity contribution in [3.05, 3.63) is 40.7 Å². The Balaban J connectivity index is 2.71. The Morgan fingerprint density at radius 2 is 2.24 bits per heavy atom. The summed E-state index contributed by atoms with van der Waals surface area (Å²) >= 11 is 6.02. The number of nitrogen functional groups attached to an aromatic ring is 1. The van der Waals surface area contributed by atoms with Gasteiger partial charge in [0.2, 0.25) is 0 Å². The largest absolute Gasteiger partial charge is 0.478 e. The summed E-state index contributed by atoms with van der Waals surface area (Å²) in [7, 11) is 0. The minimum absolute atomic E-state index is 0.0260. The standard InChI is InChI=1S/C11H10ClN3O2/c1-6-2-3-15(14-6)10-8(11(16)17)4-7(13)5-9(10)12/h2-5H,13H2,1H3,(H,16,17). The quantitative estimate of drug-likeness (QED) is 0.801. The Labute approximate surface area is 102 Å². The molecule has 0 bridgehead atoms. The van der Waals surface area contributed by atoms with Crippen molar-refractivity contribution in [3.63, 3.8) is 0 Å². The van der Waals surface area contributed by atoms with Crippen LogP contribution in [0.2, 0.25) is 5.02 Å². The third-order valence-corrected chi connectivity index (χ3v) is 2.56. The maximum Gasteiger partial charge on any atom is 0.338 e. The van der Waals surface area contributed by atoms with E-state index in [4.69, 9.17) is 22.4 Å². The molecule has 0 aliphatic rings. The third kappa shape index (κ3) is 2.09. The molecule has 0 saturated carbocycles. The van der Waals surface area contributed by atoms with Crippen LogP contribution in [0.15, 0.2) is 24.4 Å². The number of hydrogen-bond acceptors (Lipinski definition) is 3. The predicted octanol–water partition coefficient (Wildman–Crippen LogP) is 2.11. The average Bonchev–Trinajstić information content (AvgIpc) is 2.63. The SMILES string of the molecule is Cc1ccn(-c2c(Cl)cc(N)cc2C(=O)O)n1. The Hall–Kier alpha value is -2.01. The number of nitrogens with zero attached hydrogens (tertiary/aromatic N) is 2. The lowest BCUT2D eigenvalue weighted by Gasteiger charge is -2.09. The molecular formula is C11H10ClN3O2. The van der Waals surface area contributed by atoms with E-state index in [9.17, 15) is 4.79 Å². The summed E-state index contributed by atoms with van der Waals surface area (Å²) in [6, 6.07) is 4.62. The third-order valence-electron chi connectivity index (χ3n) is 2.27. The van der Waals surface area contributed by atoms with E-state index in [1.165, 1.54) is 16.8 Å². The Kier molecular flexibility index (Phi) is 2.77. The molecule has 2 aromatic rings. The first-order valence-electron chi connectivity index (χ1n) is 4.84. The van der Waals surface area contributed by atoms with Crippen LogP contribution in [-0.2, 0) is 0 Å². The van der Waals surface area contributed by atoms with Gasteiger partial charge < -0.3 is 10.8 Å². The Morgan fingerprint density at radius 3 is 2.76 bits per heavy atom. The van der Waals surface area contributed by atoms with Crippen molar-refractivity contribution in [2.24, 2.45) is 0 Å². The fraction of sp³-hybridized carbons (Fsp3) is 0.0909. The van der Waals surface area contributed by atoms with Gasteiger partial charge in [-0.05, 0) is 25.1 Å². The average molecular weight is 252 g/mol. The van der Waals surface area contributed by atoms with Gasteiger partial charge in [-0.15, -0.1) is 0 Å². The summed E-state index contributed by atoms with van der Waals surface area (Å²) in [4.78, 5) is 11.2. The Morgan fingerprint density at radius 1 is 1.53 bits per heavy atom. The van der Waals surface area contributed by atoms with Crippen molar-refractivity contribution in [3.8, 4) is 5.69 Å². The second kappa shape index (κ2) is 4.10. The van der Waals surface area contributed by atoms with Crippen molar-refractivity contribution in [2.45, 2.75) is 6.92 Å². The summed E-state index contributed by atoms with van der Waals surface area (Å²) in [5, 5.41) is 13.5. The smallest absolute Gasteiger partial charge is 0.338 e. The molecule has 0 saturated heterocycles.